The Balaban J connectivity index is 1.32. The second-order valence-corrected chi connectivity index (χ2v) is 7.62. The van der Waals surface area contributed by atoms with Crippen molar-refractivity contribution >= 4 is 5.91 Å². The summed E-state index contributed by atoms with van der Waals surface area (Å²) in [4.78, 5) is 19.5. The minimum absolute atomic E-state index is 0.282. The molecular weight excluding hydrogens is 338 g/mol. The number of nitrogens with zero attached hydrogens (tertiary/aromatic N) is 4. The first-order chi connectivity index (χ1) is 13.3. The lowest BCUT2D eigenvalue weighted by Gasteiger charge is -2.36. The molecule has 2 aliphatic heterocycles. The standard InChI is InChI=1S/C21H29N5O/c27-21(10-8-18-15-20-16-22-12-14-26(20)24-18)25-13-4-2-6-19(25)9-7-17-5-1-3-11-23-17/h1,3,5,11,15,19,22H,2,4,6-10,12-14,16H2. The molecule has 1 atom stereocenters. The van der Waals surface area contributed by atoms with Gasteiger partial charge in [0.25, 0.3) is 0 Å². The second-order valence-electron chi connectivity index (χ2n) is 7.62. The van der Waals surface area contributed by atoms with Gasteiger partial charge in [-0.1, -0.05) is 6.07 Å². The minimum atomic E-state index is 0.282. The Morgan fingerprint density at radius 2 is 2.15 bits per heavy atom. The quantitative estimate of drug-likeness (QED) is 0.851. The van der Waals surface area contributed by atoms with Gasteiger partial charge in [0.15, 0.2) is 0 Å². The van der Waals surface area contributed by atoms with E-state index in [0.717, 1.165) is 69.7 Å². The third kappa shape index (κ3) is 4.56. The first-order valence-electron chi connectivity index (χ1n) is 10.3. The van der Waals surface area contributed by atoms with Crippen LogP contribution in [0.5, 0.6) is 0 Å². The zero-order valence-electron chi connectivity index (χ0n) is 15.9. The maximum Gasteiger partial charge on any atom is 0.223 e. The number of hydrogen-bond acceptors (Lipinski definition) is 4. The number of aromatic nitrogens is 3. The number of carbonyl (C=O) groups excluding carboxylic acids is 1. The van der Waals surface area contributed by atoms with Crippen LogP contribution in [0.3, 0.4) is 0 Å². The van der Waals surface area contributed by atoms with Crippen molar-refractivity contribution in [2.24, 2.45) is 0 Å². The Morgan fingerprint density at radius 3 is 3.00 bits per heavy atom. The molecule has 0 spiro atoms. The molecule has 4 rings (SSSR count). The third-order valence-corrected chi connectivity index (χ3v) is 5.72. The van der Waals surface area contributed by atoms with Crippen LogP contribution in [0.15, 0.2) is 30.5 Å². The molecule has 2 aliphatic rings. The largest absolute Gasteiger partial charge is 0.340 e. The van der Waals surface area contributed by atoms with Crippen LogP contribution >= 0.6 is 0 Å². The Morgan fingerprint density at radius 1 is 1.19 bits per heavy atom. The van der Waals surface area contributed by atoms with E-state index >= 15 is 0 Å². The van der Waals surface area contributed by atoms with Crippen molar-refractivity contribution in [1.29, 1.82) is 0 Å². The first kappa shape index (κ1) is 18.2. The second kappa shape index (κ2) is 8.65. The summed E-state index contributed by atoms with van der Waals surface area (Å²) >= 11 is 0. The normalized spacial score (nSPS) is 19.7. The van der Waals surface area contributed by atoms with Gasteiger partial charge in [0.05, 0.1) is 17.9 Å². The van der Waals surface area contributed by atoms with E-state index in [0.29, 0.717) is 12.5 Å². The fourth-order valence-corrected chi connectivity index (χ4v) is 4.24. The van der Waals surface area contributed by atoms with Crippen LogP contribution in [0.1, 0.15) is 49.2 Å². The molecule has 0 aromatic carbocycles. The lowest BCUT2D eigenvalue weighted by Crippen LogP contribution is -2.44. The summed E-state index contributed by atoms with van der Waals surface area (Å²) in [7, 11) is 0. The zero-order valence-corrected chi connectivity index (χ0v) is 15.9. The Hall–Kier alpha value is -2.21. The number of pyridine rings is 1. The van der Waals surface area contributed by atoms with Crippen molar-refractivity contribution in [3.8, 4) is 0 Å². The molecule has 1 fully saturated rings. The molecule has 6 nitrogen and oxygen atoms in total. The highest BCUT2D eigenvalue weighted by Crippen LogP contribution is 2.22. The van der Waals surface area contributed by atoms with Gasteiger partial charge in [0.1, 0.15) is 0 Å². The highest BCUT2D eigenvalue weighted by atomic mass is 16.2. The van der Waals surface area contributed by atoms with Gasteiger partial charge in [0, 0.05) is 50.4 Å². The van der Waals surface area contributed by atoms with Crippen LogP contribution in [0, 0.1) is 0 Å². The van der Waals surface area contributed by atoms with Crippen molar-refractivity contribution in [2.75, 3.05) is 13.1 Å². The van der Waals surface area contributed by atoms with Gasteiger partial charge in [-0.25, -0.2) is 0 Å². The summed E-state index contributed by atoms with van der Waals surface area (Å²) in [6, 6.07) is 8.56. The lowest BCUT2D eigenvalue weighted by molar-refractivity contribution is -0.135. The number of amides is 1. The summed E-state index contributed by atoms with van der Waals surface area (Å²) in [5, 5.41) is 8.02. The summed E-state index contributed by atoms with van der Waals surface area (Å²) in [6.07, 6.45) is 8.55. The molecule has 0 saturated carbocycles. The van der Waals surface area contributed by atoms with E-state index in [1.165, 1.54) is 12.1 Å². The smallest absolute Gasteiger partial charge is 0.223 e. The summed E-state index contributed by atoms with van der Waals surface area (Å²) in [6.45, 7) is 3.67. The van der Waals surface area contributed by atoms with Crippen LogP contribution in [-0.4, -0.2) is 44.7 Å². The van der Waals surface area contributed by atoms with Crippen LogP contribution in [0.25, 0.3) is 0 Å². The predicted molar refractivity (Wildman–Crippen MR) is 104 cm³/mol. The summed E-state index contributed by atoms with van der Waals surface area (Å²) < 4.78 is 2.08. The number of carbonyl (C=O) groups is 1. The first-order valence-corrected chi connectivity index (χ1v) is 10.3. The van der Waals surface area contributed by atoms with Gasteiger partial charge in [-0.2, -0.15) is 5.10 Å². The van der Waals surface area contributed by atoms with E-state index in [-0.39, 0.29) is 5.91 Å². The Labute approximate surface area is 161 Å². The zero-order chi connectivity index (χ0) is 18.5. The monoisotopic (exact) mass is 367 g/mol. The molecule has 0 radical (unpaired) electrons. The Bertz CT molecular complexity index is 734. The molecule has 27 heavy (non-hydrogen) atoms. The van der Waals surface area contributed by atoms with Crippen molar-refractivity contribution in [3.63, 3.8) is 0 Å². The number of likely N-dealkylation sites (tertiary alicyclic amines) is 1. The molecule has 1 saturated heterocycles. The fourth-order valence-electron chi connectivity index (χ4n) is 4.24. The van der Waals surface area contributed by atoms with Gasteiger partial charge in [0.2, 0.25) is 5.91 Å². The molecule has 4 heterocycles. The van der Waals surface area contributed by atoms with E-state index in [4.69, 9.17) is 0 Å². The fraction of sp³-hybridized carbons (Fsp3) is 0.571. The third-order valence-electron chi connectivity index (χ3n) is 5.72. The number of rotatable bonds is 6. The number of piperidine rings is 1. The van der Waals surface area contributed by atoms with Crippen LogP contribution in [0.4, 0.5) is 0 Å². The van der Waals surface area contributed by atoms with Crippen molar-refractivity contribution in [2.45, 2.75) is 64.1 Å². The van der Waals surface area contributed by atoms with Gasteiger partial charge in [-0.05, 0) is 50.3 Å². The molecule has 1 unspecified atom stereocenters. The average molecular weight is 367 g/mol. The highest BCUT2D eigenvalue weighted by molar-refractivity contribution is 5.76. The van der Waals surface area contributed by atoms with E-state index in [9.17, 15) is 4.79 Å². The van der Waals surface area contributed by atoms with Crippen LogP contribution in [-0.2, 0) is 30.7 Å². The SMILES string of the molecule is O=C(CCc1cc2n(n1)CCNC2)N1CCCCC1CCc1ccccn1. The van der Waals surface area contributed by atoms with Crippen LogP contribution < -0.4 is 5.32 Å². The maximum absolute atomic E-state index is 12.9. The minimum Gasteiger partial charge on any atom is -0.340 e. The van der Waals surface area contributed by atoms with E-state index in [1.807, 2.05) is 18.3 Å². The van der Waals surface area contributed by atoms with Crippen molar-refractivity contribution in [1.82, 2.24) is 25.0 Å². The predicted octanol–water partition coefficient (Wildman–Crippen LogP) is 2.33. The van der Waals surface area contributed by atoms with Gasteiger partial charge < -0.3 is 10.2 Å². The van der Waals surface area contributed by atoms with Gasteiger partial charge >= 0.3 is 0 Å². The molecule has 2 aromatic rings. The average Bonchev–Trinajstić information content (AvgIpc) is 3.14. The lowest BCUT2D eigenvalue weighted by atomic mass is 9.96. The van der Waals surface area contributed by atoms with E-state index in [2.05, 4.69) is 37.1 Å². The van der Waals surface area contributed by atoms with E-state index < -0.39 is 0 Å². The molecule has 6 heteroatoms. The number of hydrogen-bond donors (Lipinski definition) is 1. The Kier molecular flexibility index (Phi) is 5.82. The topological polar surface area (TPSA) is 63.1 Å². The van der Waals surface area contributed by atoms with Crippen molar-refractivity contribution < 1.29 is 4.79 Å². The molecule has 2 aromatic heterocycles. The molecule has 144 valence electrons. The summed E-state index contributed by atoms with van der Waals surface area (Å²) in [5.41, 5.74) is 3.40. The molecular formula is C21H29N5O. The van der Waals surface area contributed by atoms with Crippen molar-refractivity contribution in [3.05, 3.63) is 47.5 Å². The van der Waals surface area contributed by atoms with E-state index in [1.54, 1.807) is 0 Å². The molecule has 0 aliphatic carbocycles. The number of nitrogens with one attached hydrogen (secondary N) is 1. The van der Waals surface area contributed by atoms with Gasteiger partial charge in [-0.3, -0.25) is 14.5 Å². The maximum atomic E-state index is 12.9. The number of fused-ring (bicyclic) bond motifs is 1. The van der Waals surface area contributed by atoms with Gasteiger partial charge in [-0.15, -0.1) is 0 Å². The molecule has 1 amide bonds. The molecule has 1 N–H and O–H groups in total. The van der Waals surface area contributed by atoms with Crippen LogP contribution in [0.2, 0.25) is 0 Å². The highest BCUT2D eigenvalue weighted by Gasteiger charge is 2.26. The number of aryl methyl sites for hydroxylation is 2. The molecule has 0 bridgehead atoms. The summed E-state index contributed by atoms with van der Waals surface area (Å²) in [5.74, 6) is 0.282.